The molecule has 2 fully saturated rings. The summed E-state index contributed by atoms with van der Waals surface area (Å²) in [6.45, 7) is -0.702. The Hall–Kier alpha value is -3.93. The van der Waals surface area contributed by atoms with Gasteiger partial charge in [-0.2, -0.15) is 8.78 Å². The Bertz CT molecular complexity index is 1340. The third-order valence-electron chi connectivity index (χ3n) is 6.59. The third-order valence-corrected chi connectivity index (χ3v) is 6.59. The highest BCUT2D eigenvalue weighted by Gasteiger charge is 2.33. The van der Waals surface area contributed by atoms with E-state index in [1.165, 1.54) is 20.3 Å². The van der Waals surface area contributed by atoms with Crippen LogP contribution in [0.1, 0.15) is 23.2 Å². The van der Waals surface area contributed by atoms with Gasteiger partial charge >= 0.3 is 12.6 Å². The van der Waals surface area contributed by atoms with Crippen molar-refractivity contribution < 1.29 is 37.3 Å². The van der Waals surface area contributed by atoms with E-state index in [1.54, 1.807) is 35.0 Å². The number of hydrogen-bond acceptors (Lipinski definition) is 8. The molecule has 3 aromatic rings. The number of methoxy groups -OCH3 is 2. The van der Waals surface area contributed by atoms with Crippen LogP contribution in [0.5, 0.6) is 17.2 Å². The molecular formula is C26H28F2N4O6. The number of pyridine rings is 1. The highest BCUT2D eigenvalue weighted by Crippen LogP contribution is 2.37. The fraction of sp³-hybridized carbons (Fsp3) is 0.423. The van der Waals surface area contributed by atoms with Gasteiger partial charge in [-0.15, -0.1) is 0 Å². The Morgan fingerprint density at radius 3 is 2.61 bits per heavy atom. The molecule has 1 aliphatic heterocycles. The summed E-state index contributed by atoms with van der Waals surface area (Å²) in [5.74, 6) is -0.331. The maximum atomic E-state index is 13.2. The Balaban J connectivity index is 1.33. The smallest absolute Gasteiger partial charge is 0.387 e. The average Bonchev–Trinajstić information content (AvgIpc) is 3.59. The van der Waals surface area contributed by atoms with E-state index in [0.717, 1.165) is 12.8 Å². The number of carbonyl (C=O) groups is 2. The van der Waals surface area contributed by atoms with Crippen LogP contribution in [0.3, 0.4) is 0 Å². The normalized spacial score (nSPS) is 15.8. The van der Waals surface area contributed by atoms with Crippen molar-refractivity contribution in [2.24, 2.45) is 5.92 Å². The predicted molar refractivity (Wildman–Crippen MR) is 132 cm³/mol. The summed E-state index contributed by atoms with van der Waals surface area (Å²) in [6, 6.07) is 6.56. The molecule has 2 aromatic heterocycles. The van der Waals surface area contributed by atoms with Crippen molar-refractivity contribution in [1.82, 2.24) is 19.6 Å². The van der Waals surface area contributed by atoms with Crippen molar-refractivity contribution in [3.8, 4) is 28.5 Å². The van der Waals surface area contributed by atoms with Crippen molar-refractivity contribution in [2.75, 3.05) is 40.5 Å². The zero-order valence-corrected chi connectivity index (χ0v) is 21.0. The summed E-state index contributed by atoms with van der Waals surface area (Å²) in [4.78, 5) is 30.8. The fourth-order valence-corrected chi connectivity index (χ4v) is 4.42. The van der Waals surface area contributed by atoms with Crippen LogP contribution in [0.4, 0.5) is 8.78 Å². The number of nitrogens with zero attached hydrogens (tertiary/aromatic N) is 3. The lowest BCUT2D eigenvalue weighted by atomic mass is 10.0. The maximum absolute atomic E-state index is 13.2. The van der Waals surface area contributed by atoms with Gasteiger partial charge in [0.25, 0.3) is 5.91 Å². The number of aromatic nitrogens is 2. The van der Waals surface area contributed by atoms with Gasteiger partial charge < -0.3 is 24.3 Å². The number of rotatable bonds is 11. The molecule has 2 aliphatic rings. The summed E-state index contributed by atoms with van der Waals surface area (Å²) in [5, 5.41) is 2.79. The van der Waals surface area contributed by atoms with E-state index in [1.807, 2.05) is 0 Å². The molecule has 0 radical (unpaired) electrons. The van der Waals surface area contributed by atoms with Gasteiger partial charge in [0.15, 0.2) is 0 Å². The summed E-state index contributed by atoms with van der Waals surface area (Å²) in [6.07, 6.45) is 5.05. The number of hydrogen-bond donors (Lipinski definition) is 1. The number of likely N-dealkylation sites (tertiary alicyclic amines) is 1. The molecule has 5 rings (SSSR count). The second kappa shape index (κ2) is 10.8. The first kappa shape index (κ1) is 25.7. The molecule has 38 heavy (non-hydrogen) atoms. The molecule has 0 atom stereocenters. The zero-order valence-electron chi connectivity index (χ0n) is 21.0. The van der Waals surface area contributed by atoms with Crippen LogP contribution in [-0.2, 0) is 9.53 Å². The molecule has 1 aromatic carbocycles. The van der Waals surface area contributed by atoms with Crippen molar-refractivity contribution >= 4 is 17.5 Å². The Morgan fingerprint density at radius 2 is 1.92 bits per heavy atom. The summed E-state index contributed by atoms with van der Waals surface area (Å²) < 4.78 is 49.0. The molecule has 1 saturated carbocycles. The molecule has 0 bridgehead atoms. The van der Waals surface area contributed by atoms with Crippen LogP contribution in [0.2, 0.25) is 0 Å². The quantitative estimate of drug-likeness (QED) is 0.378. The van der Waals surface area contributed by atoms with E-state index in [0.29, 0.717) is 48.9 Å². The van der Waals surface area contributed by atoms with Gasteiger partial charge in [-0.25, -0.2) is 4.98 Å². The van der Waals surface area contributed by atoms with Crippen LogP contribution in [0.15, 0.2) is 36.7 Å². The lowest BCUT2D eigenvalue weighted by molar-refractivity contribution is -0.151. The molecular weight excluding hydrogens is 502 g/mol. The van der Waals surface area contributed by atoms with Crippen LogP contribution in [0, 0.1) is 5.92 Å². The van der Waals surface area contributed by atoms with Gasteiger partial charge in [0.1, 0.15) is 35.1 Å². The first-order valence-electron chi connectivity index (χ1n) is 12.2. The molecule has 1 saturated heterocycles. The lowest BCUT2D eigenvalue weighted by Crippen LogP contribution is -2.51. The minimum atomic E-state index is -3.12. The number of amides is 1. The van der Waals surface area contributed by atoms with E-state index in [9.17, 15) is 18.4 Å². The number of ether oxygens (including phenoxy) is 4. The number of esters is 1. The highest BCUT2D eigenvalue weighted by molar-refractivity contribution is 6.01. The molecule has 1 aliphatic carbocycles. The van der Waals surface area contributed by atoms with E-state index >= 15 is 0 Å². The van der Waals surface area contributed by atoms with Crippen LogP contribution < -0.4 is 19.5 Å². The first-order valence-corrected chi connectivity index (χ1v) is 12.2. The van der Waals surface area contributed by atoms with Crippen molar-refractivity contribution in [2.45, 2.75) is 25.5 Å². The maximum Gasteiger partial charge on any atom is 0.387 e. The Kier molecular flexibility index (Phi) is 7.32. The van der Waals surface area contributed by atoms with Crippen molar-refractivity contribution in [3.05, 3.63) is 42.2 Å². The third kappa shape index (κ3) is 5.49. The summed E-state index contributed by atoms with van der Waals surface area (Å²) in [5.41, 5.74) is 1.58. The number of benzene rings is 1. The number of halogens is 2. The average molecular weight is 531 g/mol. The largest absolute Gasteiger partial charge is 0.496 e. The van der Waals surface area contributed by atoms with E-state index in [2.05, 4.69) is 15.2 Å². The first-order chi connectivity index (χ1) is 18.4. The van der Waals surface area contributed by atoms with E-state index < -0.39 is 12.5 Å². The van der Waals surface area contributed by atoms with Gasteiger partial charge in [-0.05, 0) is 31.0 Å². The zero-order chi connectivity index (χ0) is 26.8. The SMILES string of the molecule is COC(=O)C1CN(CCOc2ccn3c(-c4cc(OC)c(C(=O)NC5CC5)c(OC(F)F)c4)cnc3c2)C1. The molecule has 0 unspecified atom stereocenters. The second-order valence-electron chi connectivity index (χ2n) is 9.24. The predicted octanol–water partition coefficient (Wildman–Crippen LogP) is 2.99. The van der Waals surface area contributed by atoms with E-state index in [-0.39, 0.29) is 35.0 Å². The number of carbonyl (C=O) groups excluding carboxylic acids is 2. The highest BCUT2D eigenvalue weighted by atomic mass is 19.3. The number of alkyl halides is 2. The van der Waals surface area contributed by atoms with Gasteiger partial charge in [-0.3, -0.25) is 18.9 Å². The molecule has 3 heterocycles. The van der Waals surface area contributed by atoms with Crippen LogP contribution in [-0.4, -0.2) is 79.3 Å². The number of nitrogens with one attached hydrogen (secondary N) is 1. The van der Waals surface area contributed by atoms with Gasteiger partial charge in [0, 0.05) is 43.5 Å². The Labute approximate surface area is 217 Å². The van der Waals surface area contributed by atoms with Crippen molar-refractivity contribution in [1.29, 1.82) is 0 Å². The molecule has 1 N–H and O–H groups in total. The topological polar surface area (TPSA) is 104 Å². The van der Waals surface area contributed by atoms with Crippen molar-refractivity contribution in [3.63, 3.8) is 0 Å². The standard InChI is InChI=1S/C26H28F2N4O6/c1-35-20-9-15(10-21(38-26(27)28)23(20)24(33)30-17-3-4-17)19-12-29-22-11-18(5-6-32(19)22)37-8-7-31-13-16(14-31)25(34)36-2/h5-6,9-12,16-17,26H,3-4,7-8,13-14H2,1-2H3,(H,30,33). The lowest BCUT2D eigenvalue weighted by Gasteiger charge is -2.37. The molecule has 10 nitrogen and oxygen atoms in total. The van der Waals surface area contributed by atoms with Gasteiger partial charge in [0.05, 0.1) is 32.0 Å². The Morgan fingerprint density at radius 1 is 1.16 bits per heavy atom. The van der Waals surface area contributed by atoms with Crippen LogP contribution >= 0.6 is 0 Å². The minimum absolute atomic E-state index is 0.0316. The number of imidazole rings is 1. The molecule has 0 spiro atoms. The molecule has 202 valence electrons. The van der Waals surface area contributed by atoms with Crippen LogP contribution in [0.25, 0.3) is 16.9 Å². The van der Waals surface area contributed by atoms with Gasteiger partial charge in [0.2, 0.25) is 0 Å². The monoisotopic (exact) mass is 530 g/mol. The summed E-state index contributed by atoms with van der Waals surface area (Å²) >= 11 is 0. The number of fused-ring (bicyclic) bond motifs is 1. The second-order valence-corrected chi connectivity index (χ2v) is 9.24. The van der Waals surface area contributed by atoms with Gasteiger partial charge in [-0.1, -0.05) is 0 Å². The molecule has 1 amide bonds. The fourth-order valence-electron chi connectivity index (χ4n) is 4.42. The molecule has 12 heteroatoms. The minimum Gasteiger partial charge on any atom is -0.496 e. The van der Waals surface area contributed by atoms with E-state index in [4.69, 9.17) is 18.9 Å². The summed E-state index contributed by atoms with van der Waals surface area (Å²) in [7, 11) is 2.76.